The summed E-state index contributed by atoms with van der Waals surface area (Å²) in [4.78, 5) is 14.5. The molecular formula is C24H25FN2O4S. The van der Waals surface area contributed by atoms with Crippen LogP contribution in [0.5, 0.6) is 5.75 Å². The molecule has 3 rings (SSSR count). The summed E-state index contributed by atoms with van der Waals surface area (Å²) in [7, 11) is 0.583. The van der Waals surface area contributed by atoms with Crippen LogP contribution in [0, 0.1) is 12.7 Å². The van der Waals surface area contributed by atoms with Gasteiger partial charge in [0, 0.05) is 26.2 Å². The van der Waals surface area contributed by atoms with E-state index >= 15 is 0 Å². The van der Waals surface area contributed by atoms with Gasteiger partial charge in [0.25, 0.3) is 15.9 Å². The number of nitrogens with zero attached hydrogens (tertiary/aromatic N) is 2. The summed E-state index contributed by atoms with van der Waals surface area (Å²) in [6, 6.07) is 17.2. The molecule has 0 aromatic heterocycles. The van der Waals surface area contributed by atoms with E-state index in [0.29, 0.717) is 17.0 Å². The monoisotopic (exact) mass is 456 g/mol. The number of hydrogen-bond donors (Lipinski definition) is 0. The Morgan fingerprint density at radius 3 is 2.31 bits per heavy atom. The molecule has 0 spiro atoms. The molecule has 0 radical (unpaired) electrons. The van der Waals surface area contributed by atoms with Gasteiger partial charge in [0.15, 0.2) is 0 Å². The summed E-state index contributed by atoms with van der Waals surface area (Å²) < 4.78 is 46.1. The largest absolute Gasteiger partial charge is 0.495 e. The Labute approximate surface area is 187 Å². The second-order valence-electron chi connectivity index (χ2n) is 7.41. The topological polar surface area (TPSA) is 66.9 Å². The zero-order valence-electron chi connectivity index (χ0n) is 18.4. The van der Waals surface area contributed by atoms with E-state index in [0.717, 1.165) is 9.87 Å². The number of ether oxygens (including phenoxy) is 1. The number of halogens is 1. The van der Waals surface area contributed by atoms with E-state index in [9.17, 15) is 17.6 Å². The molecule has 3 aromatic carbocycles. The van der Waals surface area contributed by atoms with Crippen molar-refractivity contribution in [3.63, 3.8) is 0 Å². The van der Waals surface area contributed by atoms with E-state index in [1.165, 1.54) is 43.3 Å². The number of carbonyl (C=O) groups excluding carboxylic acids is 1. The molecule has 0 saturated heterocycles. The summed E-state index contributed by atoms with van der Waals surface area (Å²) in [5.41, 5.74) is 2.08. The highest BCUT2D eigenvalue weighted by atomic mass is 32.2. The normalized spacial score (nSPS) is 11.2. The van der Waals surface area contributed by atoms with Crippen molar-refractivity contribution in [3.8, 4) is 5.75 Å². The van der Waals surface area contributed by atoms with Gasteiger partial charge < -0.3 is 9.64 Å². The van der Waals surface area contributed by atoms with Gasteiger partial charge in [-0.15, -0.1) is 0 Å². The minimum Gasteiger partial charge on any atom is -0.495 e. The van der Waals surface area contributed by atoms with E-state index < -0.39 is 10.0 Å². The Hall–Kier alpha value is -3.39. The van der Waals surface area contributed by atoms with E-state index in [2.05, 4.69) is 0 Å². The highest BCUT2D eigenvalue weighted by molar-refractivity contribution is 7.92. The number of anilines is 1. The molecule has 3 aromatic rings. The van der Waals surface area contributed by atoms with Crippen LogP contribution >= 0.6 is 0 Å². The lowest BCUT2D eigenvalue weighted by Gasteiger charge is -2.23. The molecule has 8 heteroatoms. The van der Waals surface area contributed by atoms with Crippen LogP contribution in [0.15, 0.2) is 71.6 Å². The van der Waals surface area contributed by atoms with Gasteiger partial charge in [-0.2, -0.15) is 0 Å². The lowest BCUT2D eigenvalue weighted by atomic mass is 10.1. The van der Waals surface area contributed by atoms with Crippen LogP contribution in [-0.2, 0) is 16.6 Å². The highest BCUT2D eigenvalue weighted by Crippen LogP contribution is 2.31. The fraction of sp³-hybridized carbons (Fsp3) is 0.208. The zero-order valence-corrected chi connectivity index (χ0v) is 19.2. The number of amides is 1. The molecule has 6 nitrogen and oxygen atoms in total. The van der Waals surface area contributed by atoms with Crippen LogP contribution in [0.2, 0.25) is 0 Å². The van der Waals surface area contributed by atoms with Crippen molar-refractivity contribution < 1.29 is 22.3 Å². The maximum atomic E-state index is 13.3. The van der Waals surface area contributed by atoms with Gasteiger partial charge in [-0.05, 0) is 54.4 Å². The smallest absolute Gasteiger partial charge is 0.264 e. The zero-order chi connectivity index (χ0) is 23.5. The molecule has 0 aliphatic rings. The lowest BCUT2D eigenvalue weighted by molar-refractivity contribution is 0.0784. The fourth-order valence-electron chi connectivity index (χ4n) is 3.31. The Kier molecular flexibility index (Phi) is 6.84. The third-order valence-corrected chi connectivity index (χ3v) is 6.97. The molecule has 32 heavy (non-hydrogen) atoms. The van der Waals surface area contributed by atoms with E-state index in [4.69, 9.17) is 4.74 Å². The van der Waals surface area contributed by atoms with E-state index in [-0.39, 0.29) is 28.7 Å². The number of benzene rings is 3. The van der Waals surface area contributed by atoms with Crippen LogP contribution in [0.25, 0.3) is 0 Å². The first-order chi connectivity index (χ1) is 15.1. The Morgan fingerprint density at radius 1 is 1.00 bits per heavy atom. The second-order valence-corrected chi connectivity index (χ2v) is 9.38. The van der Waals surface area contributed by atoms with Gasteiger partial charge >= 0.3 is 0 Å². The van der Waals surface area contributed by atoms with Gasteiger partial charge in [0.2, 0.25) is 0 Å². The molecule has 0 atom stereocenters. The van der Waals surface area contributed by atoms with E-state index in [1.807, 2.05) is 0 Å². The van der Waals surface area contributed by atoms with Crippen LogP contribution in [0.3, 0.4) is 0 Å². The van der Waals surface area contributed by atoms with Crippen molar-refractivity contribution in [2.24, 2.45) is 0 Å². The SMILES string of the molecule is COc1ccccc1N(C)S(=O)(=O)c1ccc(C)c(C(=O)N(C)Cc2ccc(F)cc2)c1. The van der Waals surface area contributed by atoms with Gasteiger partial charge in [0.05, 0.1) is 17.7 Å². The third kappa shape index (κ3) is 4.75. The van der Waals surface area contributed by atoms with Crippen molar-refractivity contribution in [2.45, 2.75) is 18.4 Å². The van der Waals surface area contributed by atoms with Gasteiger partial charge in [-0.25, -0.2) is 12.8 Å². The number of carbonyl (C=O) groups is 1. The van der Waals surface area contributed by atoms with Crippen LogP contribution in [-0.4, -0.2) is 40.4 Å². The quantitative estimate of drug-likeness (QED) is 0.533. The van der Waals surface area contributed by atoms with E-state index in [1.54, 1.807) is 56.4 Å². The molecule has 0 aliphatic carbocycles. The van der Waals surface area contributed by atoms with Crippen molar-refractivity contribution in [2.75, 3.05) is 25.5 Å². The highest BCUT2D eigenvalue weighted by Gasteiger charge is 2.26. The third-order valence-electron chi connectivity index (χ3n) is 5.20. The predicted molar refractivity (Wildman–Crippen MR) is 122 cm³/mol. The predicted octanol–water partition coefficient (Wildman–Crippen LogP) is 4.24. The standard InChI is InChI=1S/C24H25FN2O4S/c1-17-9-14-20(32(29,30)27(3)22-7-5-6-8-23(22)31-4)15-21(17)24(28)26(2)16-18-10-12-19(25)13-11-18/h5-15H,16H2,1-4H3. The summed E-state index contributed by atoms with van der Waals surface area (Å²) in [5.74, 6) is -0.263. The number of methoxy groups -OCH3 is 1. The van der Waals surface area contributed by atoms with Gasteiger partial charge in [-0.1, -0.05) is 30.3 Å². The summed E-state index contributed by atoms with van der Waals surface area (Å²) in [5, 5.41) is 0. The Balaban J connectivity index is 1.91. The van der Waals surface area contributed by atoms with Crippen molar-refractivity contribution >= 4 is 21.6 Å². The Bertz CT molecular complexity index is 1230. The number of sulfonamides is 1. The minimum absolute atomic E-state index is 0.00459. The summed E-state index contributed by atoms with van der Waals surface area (Å²) >= 11 is 0. The second kappa shape index (κ2) is 9.40. The maximum Gasteiger partial charge on any atom is 0.264 e. The van der Waals surface area contributed by atoms with Gasteiger partial charge in [0.1, 0.15) is 11.6 Å². The molecular weight excluding hydrogens is 431 g/mol. The van der Waals surface area contributed by atoms with Crippen LogP contribution < -0.4 is 9.04 Å². The molecule has 168 valence electrons. The number of hydrogen-bond acceptors (Lipinski definition) is 4. The number of para-hydroxylation sites is 2. The first-order valence-electron chi connectivity index (χ1n) is 9.87. The number of aryl methyl sites for hydroxylation is 1. The molecule has 1 amide bonds. The van der Waals surface area contributed by atoms with Crippen molar-refractivity contribution in [1.82, 2.24) is 4.90 Å². The average Bonchev–Trinajstić information content (AvgIpc) is 2.79. The van der Waals surface area contributed by atoms with Crippen LogP contribution in [0.1, 0.15) is 21.5 Å². The molecule has 0 unspecified atom stereocenters. The maximum absolute atomic E-state index is 13.3. The fourth-order valence-corrected chi connectivity index (χ4v) is 4.54. The number of rotatable bonds is 7. The minimum atomic E-state index is -3.95. The van der Waals surface area contributed by atoms with Crippen molar-refractivity contribution in [1.29, 1.82) is 0 Å². The average molecular weight is 457 g/mol. The lowest BCUT2D eigenvalue weighted by Crippen LogP contribution is -2.29. The first kappa shape index (κ1) is 23.3. The molecule has 0 N–H and O–H groups in total. The van der Waals surface area contributed by atoms with Gasteiger partial charge in [-0.3, -0.25) is 9.10 Å². The molecule has 0 saturated carbocycles. The molecule has 0 fully saturated rings. The molecule has 0 aliphatic heterocycles. The summed E-state index contributed by atoms with van der Waals surface area (Å²) in [6.45, 7) is 2.01. The van der Waals surface area contributed by atoms with Crippen LogP contribution in [0.4, 0.5) is 10.1 Å². The molecule has 0 heterocycles. The van der Waals surface area contributed by atoms with Crippen molar-refractivity contribution in [3.05, 3.63) is 89.2 Å². The summed E-state index contributed by atoms with van der Waals surface area (Å²) in [6.07, 6.45) is 0. The molecule has 0 bridgehead atoms. The first-order valence-corrected chi connectivity index (χ1v) is 11.3. The Morgan fingerprint density at radius 2 is 1.66 bits per heavy atom.